The largest absolute Gasteiger partial charge is 0.493 e. The van der Waals surface area contributed by atoms with Crippen LogP contribution in [0.15, 0.2) is 24.3 Å². The van der Waals surface area contributed by atoms with Crippen molar-refractivity contribution in [2.24, 2.45) is 11.8 Å². The van der Waals surface area contributed by atoms with Crippen molar-refractivity contribution in [3.63, 3.8) is 0 Å². The molecule has 0 bridgehead atoms. The summed E-state index contributed by atoms with van der Waals surface area (Å²) in [4.78, 5) is 0. The Morgan fingerprint density at radius 2 is 1.57 bits per heavy atom. The summed E-state index contributed by atoms with van der Waals surface area (Å²) in [6, 6.07) is 8.26. The molecule has 2 aliphatic heterocycles. The van der Waals surface area contributed by atoms with Crippen LogP contribution in [-0.4, -0.2) is 48.1 Å². The minimum Gasteiger partial charge on any atom is -0.493 e. The highest BCUT2D eigenvalue weighted by Crippen LogP contribution is 2.53. The van der Waals surface area contributed by atoms with Crippen LogP contribution >= 0.6 is 0 Å². The highest BCUT2D eigenvalue weighted by molar-refractivity contribution is 5.58. The molecule has 2 aromatic carbocycles. The van der Waals surface area contributed by atoms with Gasteiger partial charge in [-0.1, -0.05) is 0 Å². The van der Waals surface area contributed by atoms with E-state index in [0.717, 1.165) is 23.5 Å². The lowest BCUT2D eigenvalue weighted by Crippen LogP contribution is -2.34. The van der Waals surface area contributed by atoms with Crippen molar-refractivity contribution in [1.29, 1.82) is 0 Å². The van der Waals surface area contributed by atoms with E-state index in [9.17, 15) is 0 Å². The quantitative estimate of drug-likeness (QED) is 0.743. The molecule has 7 heteroatoms. The Morgan fingerprint density at radius 3 is 2.20 bits per heavy atom. The van der Waals surface area contributed by atoms with E-state index >= 15 is 0 Å². The maximum atomic E-state index is 6.02. The number of benzene rings is 2. The van der Waals surface area contributed by atoms with Gasteiger partial charge in [0.1, 0.15) is 0 Å². The molecule has 0 unspecified atom stereocenters. The summed E-state index contributed by atoms with van der Waals surface area (Å²) in [5, 5.41) is 0. The SMILES string of the molecule is COc1cc([C@@H]2c3cc4c(cc3C[C@H]3CO[C@@H](OC)[C@H]32)OCO4)cc(OC)c1OC. The summed E-state index contributed by atoms with van der Waals surface area (Å²) in [5.41, 5.74) is 3.51. The Morgan fingerprint density at radius 1 is 0.867 bits per heavy atom. The smallest absolute Gasteiger partial charge is 0.231 e. The van der Waals surface area contributed by atoms with Gasteiger partial charge in [-0.3, -0.25) is 0 Å². The first-order valence-electron chi connectivity index (χ1n) is 10.0. The monoisotopic (exact) mass is 414 g/mol. The van der Waals surface area contributed by atoms with Gasteiger partial charge in [-0.2, -0.15) is 0 Å². The van der Waals surface area contributed by atoms with Crippen LogP contribution in [0.1, 0.15) is 22.6 Å². The topological polar surface area (TPSA) is 64.6 Å². The molecule has 1 saturated heterocycles. The zero-order valence-corrected chi connectivity index (χ0v) is 17.6. The van der Waals surface area contributed by atoms with Crippen molar-refractivity contribution in [3.05, 3.63) is 41.0 Å². The molecule has 0 aromatic heterocycles. The lowest BCUT2D eigenvalue weighted by atomic mass is 9.67. The minimum atomic E-state index is -0.280. The third-order valence-electron chi connectivity index (χ3n) is 6.45. The van der Waals surface area contributed by atoms with Crippen LogP contribution in [0, 0.1) is 11.8 Å². The zero-order valence-electron chi connectivity index (χ0n) is 17.6. The second-order valence-corrected chi connectivity index (χ2v) is 7.82. The first-order valence-corrected chi connectivity index (χ1v) is 10.0. The van der Waals surface area contributed by atoms with Gasteiger partial charge in [0.25, 0.3) is 0 Å². The Kier molecular flexibility index (Phi) is 4.87. The van der Waals surface area contributed by atoms with Gasteiger partial charge in [-0.15, -0.1) is 0 Å². The number of rotatable bonds is 5. The van der Waals surface area contributed by atoms with Crippen LogP contribution < -0.4 is 23.7 Å². The maximum Gasteiger partial charge on any atom is 0.231 e. The number of ether oxygens (including phenoxy) is 7. The summed E-state index contributed by atoms with van der Waals surface area (Å²) in [6.07, 6.45) is 0.634. The normalized spacial score (nSPS) is 26.1. The molecular weight excluding hydrogens is 388 g/mol. The van der Waals surface area contributed by atoms with Crippen LogP contribution in [0.25, 0.3) is 0 Å². The molecule has 1 aliphatic carbocycles. The fraction of sp³-hybridized carbons (Fsp3) is 0.478. The van der Waals surface area contributed by atoms with Crippen LogP contribution in [0.3, 0.4) is 0 Å². The van der Waals surface area contributed by atoms with Gasteiger partial charge < -0.3 is 33.2 Å². The van der Waals surface area contributed by atoms with E-state index in [1.807, 2.05) is 12.1 Å². The number of fused-ring (bicyclic) bond motifs is 3. The van der Waals surface area contributed by atoms with Crippen molar-refractivity contribution in [3.8, 4) is 28.7 Å². The summed E-state index contributed by atoms with van der Waals surface area (Å²) in [6.45, 7) is 0.918. The first-order chi connectivity index (χ1) is 14.7. The predicted molar refractivity (Wildman–Crippen MR) is 108 cm³/mol. The third kappa shape index (κ3) is 2.87. The lowest BCUT2D eigenvalue weighted by molar-refractivity contribution is -0.113. The molecule has 1 fully saturated rings. The van der Waals surface area contributed by atoms with Crippen LogP contribution in [0.4, 0.5) is 0 Å². The molecule has 0 amide bonds. The van der Waals surface area contributed by atoms with E-state index in [1.54, 1.807) is 28.4 Å². The molecule has 3 aliphatic rings. The van der Waals surface area contributed by atoms with E-state index in [4.69, 9.17) is 33.2 Å². The number of hydrogen-bond acceptors (Lipinski definition) is 7. The van der Waals surface area contributed by atoms with Gasteiger partial charge in [-0.05, 0) is 53.3 Å². The summed E-state index contributed by atoms with van der Waals surface area (Å²) in [5.74, 6) is 3.93. The van der Waals surface area contributed by atoms with Gasteiger partial charge in [-0.25, -0.2) is 0 Å². The van der Waals surface area contributed by atoms with Gasteiger partial charge in [0, 0.05) is 18.9 Å². The van der Waals surface area contributed by atoms with Gasteiger partial charge in [0.2, 0.25) is 12.5 Å². The second kappa shape index (κ2) is 7.56. The third-order valence-corrected chi connectivity index (χ3v) is 6.45. The number of methoxy groups -OCH3 is 4. The molecule has 0 spiro atoms. The molecule has 0 N–H and O–H groups in total. The second-order valence-electron chi connectivity index (χ2n) is 7.82. The van der Waals surface area contributed by atoms with Crippen molar-refractivity contribution in [2.45, 2.75) is 18.6 Å². The van der Waals surface area contributed by atoms with Gasteiger partial charge in [0.05, 0.1) is 27.9 Å². The van der Waals surface area contributed by atoms with Crippen molar-refractivity contribution >= 4 is 0 Å². The summed E-state index contributed by atoms with van der Waals surface area (Å²) < 4.78 is 39.8. The average Bonchev–Trinajstić information content (AvgIpc) is 3.40. The highest BCUT2D eigenvalue weighted by Gasteiger charge is 2.48. The summed E-state index contributed by atoms with van der Waals surface area (Å²) >= 11 is 0. The summed E-state index contributed by atoms with van der Waals surface area (Å²) in [7, 11) is 6.58. The van der Waals surface area contributed by atoms with E-state index < -0.39 is 0 Å². The Balaban J connectivity index is 1.70. The van der Waals surface area contributed by atoms with E-state index in [1.165, 1.54) is 11.1 Å². The molecule has 160 valence electrons. The molecule has 0 saturated carbocycles. The van der Waals surface area contributed by atoms with Crippen LogP contribution in [0.5, 0.6) is 28.7 Å². The molecule has 5 rings (SSSR count). The molecule has 30 heavy (non-hydrogen) atoms. The molecule has 0 radical (unpaired) electrons. The lowest BCUT2D eigenvalue weighted by Gasteiger charge is -2.37. The fourth-order valence-corrected chi connectivity index (χ4v) is 5.15. The molecule has 7 nitrogen and oxygen atoms in total. The predicted octanol–water partition coefficient (Wildman–Crippen LogP) is 3.36. The van der Waals surface area contributed by atoms with E-state index in [-0.39, 0.29) is 24.9 Å². The van der Waals surface area contributed by atoms with E-state index in [0.29, 0.717) is 29.8 Å². The number of hydrogen-bond donors (Lipinski definition) is 0. The Labute approximate surface area is 175 Å². The van der Waals surface area contributed by atoms with Gasteiger partial charge in [0.15, 0.2) is 29.3 Å². The van der Waals surface area contributed by atoms with Crippen LogP contribution in [-0.2, 0) is 15.9 Å². The van der Waals surface area contributed by atoms with Crippen LogP contribution in [0.2, 0.25) is 0 Å². The van der Waals surface area contributed by atoms with Crippen molar-refractivity contribution < 1.29 is 33.2 Å². The van der Waals surface area contributed by atoms with Crippen molar-refractivity contribution in [2.75, 3.05) is 41.8 Å². The average molecular weight is 414 g/mol. The first kappa shape index (κ1) is 19.3. The molecule has 2 heterocycles. The minimum absolute atomic E-state index is 0.0226. The zero-order chi connectivity index (χ0) is 20.8. The molecule has 2 aromatic rings. The molecule has 4 atom stereocenters. The Hall–Kier alpha value is -2.64. The molecular formula is C23H26O7. The van der Waals surface area contributed by atoms with Crippen molar-refractivity contribution in [1.82, 2.24) is 0 Å². The standard InChI is InChI=1S/C23H26O7/c1-24-18-7-13(8-19(25-2)22(18)26-3)20-15-9-17-16(29-11-30-17)6-12(15)5-14-10-28-23(27-4)21(14)20/h6-9,14,20-21,23H,5,10-11H2,1-4H3/t14-,20+,21+,23+/m0/s1. The maximum absolute atomic E-state index is 6.02. The Bertz CT molecular complexity index is 932. The van der Waals surface area contributed by atoms with Gasteiger partial charge >= 0.3 is 0 Å². The van der Waals surface area contributed by atoms with E-state index in [2.05, 4.69) is 12.1 Å². The fourth-order valence-electron chi connectivity index (χ4n) is 5.15. The highest BCUT2D eigenvalue weighted by atomic mass is 16.7.